The summed E-state index contributed by atoms with van der Waals surface area (Å²) in [7, 11) is 4.41. The maximum Gasteiger partial charge on any atom is 0.0510 e. The average Bonchev–Trinajstić information content (AvgIpc) is 2.89. The monoisotopic (exact) mass is 268 g/mol. The summed E-state index contributed by atoms with van der Waals surface area (Å²) in [5.74, 6) is 0.701. The minimum Gasteiger partial charge on any atom is -0.381 e. The number of hydrogen-bond acceptors (Lipinski definition) is 3. The maximum atomic E-state index is 5.54. The van der Waals surface area contributed by atoms with E-state index in [0.29, 0.717) is 17.4 Å². The molecule has 0 radical (unpaired) electrons. The molecule has 1 aliphatic carbocycles. The van der Waals surface area contributed by atoms with E-state index in [9.17, 15) is 0 Å². The van der Waals surface area contributed by atoms with Crippen molar-refractivity contribution in [3.05, 3.63) is 0 Å². The van der Waals surface area contributed by atoms with Gasteiger partial charge >= 0.3 is 0 Å². The van der Waals surface area contributed by atoms with Crippen LogP contribution in [0, 0.1) is 11.3 Å². The number of ether oxygens (including phenoxy) is 1. The van der Waals surface area contributed by atoms with Gasteiger partial charge in [-0.1, -0.05) is 13.8 Å². The van der Waals surface area contributed by atoms with Crippen LogP contribution in [0.1, 0.15) is 46.0 Å². The Bertz CT molecular complexity index is 264. The highest BCUT2D eigenvalue weighted by molar-refractivity contribution is 4.86. The van der Waals surface area contributed by atoms with Gasteiger partial charge in [0.2, 0.25) is 0 Å². The molecule has 0 bridgehead atoms. The lowest BCUT2D eigenvalue weighted by molar-refractivity contribution is 0.108. The minimum atomic E-state index is 0.568. The summed E-state index contributed by atoms with van der Waals surface area (Å²) in [4.78, 5) is 2.59. The summed E-state index contributed by atoms with van der Waals surface area (Å²) in [5.41, 5.74) is 0.568. The van der Waals surface area contributed by atoms with Gasteiger partial charge in [-0.3, -0.25) is 0 Å². The quantitative estimate of drug-likeness (QED) is 0.829. The number of rotatable bonds is 5. The Morgan fingerprint density at radius 1 is 1.26 bits per heavy atom. The first-order valence-electron chi connectivity index (χ1n) is 7.97. The van der Waals surface area contributed by atoms with E-state index >= 15 is 0 Å². The second-order valence-corrected chi connectivity index (χ2v) is 7.35. The molecule has 2 unspecified atom stereocenters. The zero-order valence-electron chi connectivity index (χ0n) is 13.2. The van der Waals surface area contributed by atoms with Crippen LogP contribution in [-0.4, -0.2) is 50.8 Å². The molecule has 3 nitrogen and oxygen atoms in total. The Morgan fingerprint density at radius 2 is 1.95 bits per heavy atom. The van der Waals surface area contributed by atoms with Gasteiger partial charge in [0.05, 0.1) is 6.61 Å². The lowest BCUT2D eigenvalue weighted by Gasteiger charge is -2.40. The molecule has 2 rings (SSSR count). The summed E-state index contributed by atoms with van der Waals surface area (Å²) >= 11 is 0. The number of nitrogens with one attached hydrogen (secondary N) is 1. The first-order chi connectivity index (χ1) is 9.02. The Kier molecular flexibility index (Phi) is 5.27. The third kappa shape index (κ3) is 4.17. The molecule has 1 heterocycles. The van der Waals surface area contributed by atoms with E-state index in [1.54, 1.807) is 0 Å². The molecule has 0 aromatic rings. The molecule has 0 aromatic carbocycles. The Morgan fingerprint density at radius 3 is 2.47 bits per heavy atom. The van der Waals surface area contributed by atoms with Crippen LogP contribution >= 0.6 is 0 Å². The van der Waals surface area contributed by atoms with Gasteiger partial charge in [-0.05, 0) is 51.6 Å². The van der Waals surface area contributed by atoms with Gasteiger partial charge in [0.15, 0.2) is 0 Å². The van der Waals surface area contributed by atoms with E-state index in [1.165, 1.54) is 32.1 Å². The summed E-state index contributed by atoms with van der Waals surface area (Å²) in [6.45, 7) is 7.88. The van der Waals surface area contributed by atoms with Crippen LogP contribution in [-0.2, 0) is 4.74 Å². The van der Waals surface area contributed by atoms with Gasteiger partial charge in [-0.15, -0.1) is 0 Å². The maximum absolute atomic E-state index is 5.54. The predicted octanol–water partition coefficient (Wildman–Crippen LogP) is 2.51. The van der Waals surface area contributed by atoms with Crippen molar-refractivity contribution in [2.24, 2.45) is 11.3 Å². The van der Waals surface area contributed by atoms with Crippen molar-refractivity contribution in [1.29, 1.82) is 0 Å². The lowest BCUT2D eigenvalue weighted by Crippen LogP contribution is -2.47. The molecular formula is C16H32N2O. The molecule has 0 aromatic heterocycles. The second kappa shape index (κ2) is 6.55. The highest BCUT2D eigenvalue weighted by Gasteiger charge is 2.31. The van der Waals surface area contributed by atoms with Crippen molar-refractivity contribution in [3.63, 3.8) is 0 Å². The Balaban J connectivity index is 1.80. The van der Waals surface area contributed by atoms with Crippen molar-refractivity contribution >= 4 is 0 Å². The van der Waals surface area contributed by atoms with Gasteiger partial charge in [0, 0.05) is 31.2 Å². The molecule has 1 N–H and O–H groups in total. The topological polar surface area (TPSA) is 24.5 Å². The molecule has 2 aliphatic rings. The zero-order chi connectivity index (χ0) is 13.9. The van der Waals surface area contributed by atoms with E-state index in [1.807, 2.05) is 0 Å². The standard InChI is InChI=1S/C16H32N2O/c1-16(2)8-5-14(6-9-16)18(4)11-15(17-3)13-7-10-19-12-13/h13-15,17H,5-12H2,1-4H3. The Labute approximate surface area is 119 Å². The smallest absolute Gasteiger partial charge is 0.0510 e. The van der Waals surface area contributed by atoms with E-state index in [2.05, 4.69) is 38.2 Å². The zero-order valence-corrected chi connectivity index (χ0v) is 13.2. The summed E-state index contributed by atoms with van der Waals surface area (Å²) in [6, 6.07) is 1.37. The minimum absolute atomic E-state index is 0.568. The molecule has 112 valence electrons. The van der Waals surface area contributed by atoms with E-state index in [4.69, 9.17) is 4.74 Å². The number of likely N-dealkylation sites (N-methyl/N-ethyl adjacent to an activating group) is 2. The van der Waals surface area contributed by atoms with Crippen molar-refractivity contribution in [3.8, 4) is 0 Å². The highest BCUT2D eigenvalue weighted by atomic mass is 16.5. The molecule has 1 saturated heterocycles. The molecule has 2 fully saturated rings. The van der Waals surface area contributed by atoms with Crippen LogP contribution in [0.5, 0.6) is 0 Å². The van der Waals surface area contributed by atoms with Crippen LogP contribution in [0.2, 0.25) is 0 Å². The van der Waals surface area contributed by atoms with Crippen LogP contribution in [0.4, 0.5) is 0 Å². The highest BCUT2D eigenvalue weighted by Crippen LogP contribution is 2.36. The van der Waals surface area contributed by atoms with Gasteiger partial charge < -0.3 is 15.0 Å². The predicted molar refractivity (Wildman–Crippen MR) is 80.4 cm³/mol. The van der Waals surface area contributed by atoms with Crippen LogP contribution in [0.15, 0.2) is 0 Å². The van der Waals surface area contributed by atoms with Crippen molar-refractivity contribution in [1.82, 2.24) is 10.2 Å². The average molecular weight is 268 g/mol. The Hall–Kier alpha value is -0.120. The lowest BCUT2D eigenvalue weighted by atomic mass is 9.75. The molecule has 2 atom stereocenters. The largest absolute Gasteiger partial charge is 0.381 e. The van der Waals surface area contributed by atoms with Crippen molar-refractivity contribution in [2.45, 2.75) is 58.0 Å². The molecule has 1 saturated carbocycles. The van der Waals surface area contributed by atoms with Gasteiger partial charge in [-0.2, -0.15) is 0 Å². The third-order valence-corrected chi connectivity index (χ3v) is 5.32. The fourth-order valence-corrected chi connectivity index (χ4v) is 3.63. The molecule has 19 heavy (non-hydrogen) atoms. The molecule has 1 aliphatic heterocycles. The molecule has 3 heteroatoms. The van der Waals surface area contributed by atoms with Gasteiger partial charge in [-0.25, -0.2) is 0 Å². The van der Waals surface area contributed by atoms with Gasteiger partial charge in [0.1, 0.15) is 0 Å². The van der Waals surface area contributed by atoms with Crippen molar-refractivity contribution < 1.29 is 4.74 Å². The van der Waals surface area contributed by atoms with E-state index < -0.39 is 0 Å². The normalized spacial score (nSPS) is 29.8. The summed E-state index contributed by atoms with van der Waals surface area (Å²) < 4.78 is 5.54. The fourth-order valence-electron chi connectivity index (χ4n) is 3.63. The summed E-state index contributed by atoms with van der Waals surface area (Å²) in [6.07, 6.45) is 6.69. The second-order valence-electron chi connectivity index (χ2n) is 7.35. The fraction of sp³-hybridized carbons (Fsp3) is 1.00. The van der Waals surface area contributed by atoms with Gasteiger partial charge in [0.25, 0.3) is 0 Å². The van der Waals surface area contributed by atoms with Crippen LogP contribution in [0.3, 0.4) is 0 Å². The van der Waals surface area contributed by atoms with E-state index in [0.717, 1.165) is 25.8 Å². The number of nitrogens with zero attached hydrogens (tertiary/aromatic N) is 1. The molecular weight excluding hydrogens is 236 g/mol. The summed E-state index contributed by atoms with van der Waals surface area (Å²) in [5, 5.41) is 3.51. The van der Waals surface area contributed by atoms with Crippen LogP contribution < -0.4 is 5.32 Å². The van der Waals surface area contributed by atoms with Crippen LogP contribution in [0.25, 0.3) is 0 Å². The first-order valence-corrected chi connectivity index (χ1v) is 7.97. The molecule has 0 amide bonds. The van der Waals surface area contributed by atoms with E-state index in [-0.39, 0.29) is 0 Å². The molecule has 0 spiro atoms. The number of hydrogen-bond donors (Lipinski definition) is 1. The van der Waals surface area contributed by atoms with Crippen molar-refractivity contribution in [2.75, 3.05) is 33.9 Å². The SMILES string of the molecule is CNC(CN(C)C1CCC(C)(C)CC1)C1CCOC1. The third-order valence-electron chi connectivity index (χ3n) is 5.32. The first kappa shape index (κ1) is 15.3.